The van der Waals surface area contributed by atoms with E-state index in [2.05, 4.69) is 0 Å². The van der Waals surface area contributed by atoms with E-state index < -0.39 is 0 Å². The molecule has 2 nitrogen and oxygen atoms in total. The summed E-state index contributed by atoms with van der Waals surface area (Å²) in [5.41, 5.74) is 0. The van der Waals surface area contributed by atoms with Crippen LogP contribution in [0.3, 0.4) is 0 Å². The van der Waals surface area contributed by atoms with E-state index in [0.717, 1.165) is 0 Å². The van der Waals surface area contributed by atoms with Gasteiger partial charge in [-0.2, -0.15) is 0 Å². The zero-order valence-corrected chi connectivity index (χ0v) is 3.02. The molecule has 0 aliphatic heterocycles. The van der Waals surface area contributed by atoms with E-state index in [1.807, 2.05) is 0 Å². The van der Waals surface area contributed by atoms with Crippen LogP contribution in [0.15, 0.2) is 0 Å². The summed E-state index contributed by atoms with van der Waals surface area (Å²) in [4.78, 5) is 0. The van der Waals surface area contributed by atoms with Gasteiger partial charge in [-0.3, -0.25) is 0 Å². The summed E-state index contributed by atoms with van der Waals surface area (Å²) in [5.74, 6) is 0. The molecule has 36 valence electrons. The standard InChI is InChI=1S/C3H8O2.Ca.2H/c4-2-1-3-5;;;/h4-5H,1-3H2;;;. The molecule has 0 aromatic carbocycles. The van der Waals surface area contributed by atoms with Crippen molar-refractivity contribution in [3.63, 3.8) is 0 Å². The predicted octanol–water partition coefficient (Wildman–Crippen LogP) is -1.56. The van der Waals surface area contributed by atoms with Crippen LogP contribution in [0.5, 0.6) is 0 Å². The molecule has 0 rings (SSSR count). The Bertz CT molecular complexity index is 16.3. The molecule has 0 heterocycles. The van der Waals surface area contributed by atoms with Gasteiger partial charge in [0.1, 0.15) is 0 Å². The zero-order chi connectivity index (χ0) is 4.12. The summed E-state index contributed by atoms with van der Waals surface area (Å²) in [6.07, 6.45) is 0.500. The first-order valence-electron chi connectivity index (χ1n) is 1.63. The fourth-order valence-corrected chi connectivity index (χ4v) is 0.0707. The van der Waals surface area contributed by atoms with Gasteiger partial charge in [0.25, 0.3) is 0 Å². The average molecular weight is 118 g/mol. The van der Waals surface area contributed by atoms with Gasteiger partial charge in [-0.05, 0) is 6.42 Å². The average Bonchev–Trinajstić information content (AvgIpc) is 1.41. The van der Waals surface area contributed by atoms with Crippen LogP contribution >= 0.6 is 0 Å². The van der Waals surface area contributed by atoms with E-state index in [9.17, 15) is 0 Å². The van der Waals surface area contributed by atoms with Crippen LogP contribution in [0.25, 0.3) is 0 Å². The molecular formula is C3H10CaO2. The first kappa shape index (κ1) is 10.2. The van der Waals surface area contributed by atoms with Gasteiger partial charge in [0.2, 0.25) is 0 Å². The van der Waals surface area contributed by atoms with Gasteiger partial charge in [-0.15, -0.1) is 0 Å². The number of rotatable bonds is 2. The first-order chi connectivity index (χ1) is 2.41. The molecule has 0 saturated heterocycles. The monoisotopic (exact) mass is 118 g/mol. The Kier molecular flexibility index (Phi) is 16.2. The van der Waals surface area contributed by atoms with Crippen LogP contribution in [0.2, 0.25) is 0 Å². The molecule has 0 aliphatic rings. The molecule has 0 radical (unpaired) electrons. The van der Waals surface area contributed by atoms with Crippen LogP contribution < -0.4 is 0 Å². The normalized spacial score (nSPS) is 7.00. The van der Waals surface area contributed by atoms with E-state index >= 15 is 0 Å². The molecule has 0 spiro atoms. The minimum absolute atomic E-state index is 0. The van der Waals surface area contributed by atoms with Crippen molar-refractivity contribution in [3.05, 3.63) is 0 Å². The van der Waals surface area contributed by atoms with Crippen LogP contribution in [-0.4, -0.2) is 61.2 Å². The van der Waals surface area contributed by atoms with Crippen molar-refractivity contribution in [1.82, 2.24) is 0 Å². The topological polar surface area (TPSA) is 40.5 Å². The van der Waals surface area contributed by atoms with Crippen LogP contribution in [0.1, 0.15) is 6.42 Å². The Morgan fingerprint density at radius 3 is 1.33 bits per heavy atom. The van der Waals surface area contributed by atoms with Gasteiger partial charge in [0, 0.05) is 13.2 Å². The second-order valence-corrected chi connectivity index (χ2v) is 0.801. The number of aliphatic hydroxyl groups excluding tert-OH is 2. The summed E-state index contributed by atoms with van der Waals surface area (Å²) >= 11 is 0. The molecule has 0 unspecified atom stereocenters. The Morgan fingerprint density at radius 2 is 1.33 bits per heavy atom. The summed E-state index contributed by atoms with van der Waals surface area (Å²) < 4.78 is 0. The third-order valence-electron chi connectivity index (χ3n) is 0.316. The quantitative estimate of drug-likeness (QED) is 0.431. The van der Waals surface area contributed by atoms with Crippen molar-refractivity contribution < 1.29 is 10.2 Å². The van der Waals surface area contributed by atoms with E-state index in [4.69, 9.17) is 10.2 Å². The maximum atomic E-state index is 7.91. The van der Waals surface area contributed by atoms with Crippen molar-refractivity contribution in [2.75, 3.05) is 13.2 Å². The molecule has 0 amide bonds. The van der Waals surface area contributed by atoms with E-state index in [-0.39, 0.29) is 51.0 Å². The van der Waals surface area contributed by atoms with Gasteiger partial charge in [0.15, 0.2) is 0 Å². The molecule has 2 N–H and O–H groups in total. The van der Waals surface area contributed by atoms with Gasteiger partial charge < -0.3 is 10.2 Å². The van der Waals surface area contributed by atoms with Gasteiger partial charge >= 0.3 is 37.7 Å². The Morgan fingerprint density at radius 1 is 1.00 bits per heavy atom. The second-order valence-electron chi connectivity index (χ2n) is 0.801. The van der Waals surface area contributed by atoms with Crippen LogP contribution in [0.4, 0.5) is 0 Å². The number of hydrogen-bond acceptors (Lipinski definition) is 2. The first-order valence-corrected chi connectivity index (χ1v) is 1.63. The third-order valence-corrected chi connectivity index (χ3v) is 0.316. The molecule has 0 atom stereocenters. The summed E-state index contributed by atoms with van der Waals surface area (Å²) in [7, 11) is 0. The summed E-state index contributed by atoms with van der Waals surface area (Å²) in [6.45, 7) is 0.188. The second kappa shape index (κ2) is 9.49. The van der Waals surface area contributed by atoms with Gasteiger partial charge in [0.05, 0.1) is 0 Å². The van der Waals surface area contributed by atoms with Crippen molar-refractivity contribution in [2.24, 2.45) is 0 Å². The molecule has 0 aliphatic carbocycles. The van der Waals surface area contributed by atoms with E-state index in [1.165, 1.54) is 0 Å². The molecule has 0 fully saturated rings. The predicted molar refractivity (Wildman–Crippen MR) is 27.3 cm³/mol. The van der Waals surface area contributed by atoms with Crippen molar-refractivity contribution in [3.8, 4) is 0 Å². The Balaban J connectivity index is 0. The maximum absolute atomic E-state index is 7.91. The molecule has 0 aromatic rings. The van der Waals surface area contributed by atoms with Crippen molar-refractivity contribution in [1.29, 1.82) is 0 Å². The number of hydrogen-bond donors (Lipinski definition) is 2. The zero-order valence-electron chi connectivity index (χ0n) is 3.02. The molecular weight excluding hydrogens is 108 g/mol. The molecule has 0 bridgehead atoms. The fourth-order valence-electron chi connectivity index (χ4n) is 0.0707. The Hall–Kier alpha value is 1.18. The van der Waals surface area contributed by atoms with Crippen LogP contribution in [0, 0.1) is 0 Å². The SMILES string of the molecule is OCCCO.[CaH2]. The van der Waals surface area contributed by atoms with Crippen molar-refractivity contribution in [2.45, 2.75) is 6.42 Å². The molecule has 6 heavy (non-hydrogen) atoms. The van der Waals surface area contributed by atoms with Crippen LogP contribution in [-0.2, 0) is 0 Å². The molecule has 0 saturated carbocycles. The number of aliphatic hydroxyl groups is 2. The Labute approximate surface area is 67.2 Å². The molecule has 0 aromatic heterocycles. The summed E-state index contributed by atoms with van der Waals surface area (Å²) in [6, 6.07) is 0. The fraction of sp³-hybridized carbons (Fsp3) is 1.00. The van der Waals surface area contributed by atoms with Gasteiger partial charge in [-0.25, -0.2) is 0 Å². The molecule has 3 heteroatoms. The van der Waals surface area contributed by atoms with E-state index in [1.54, 1.807) is 0 Å². The van der Waals surface area contributed by atoms with Gasteiger partial charge in [-0.1, -0.05) is 0 Å². The van der Waals surface area contributed by atoms with Crippen molar-refractivity contribution >= 4 is 37.7 Å². The van der Waals surface area contributed by atoms with E-state index in [0.29, 0.717) is 6.42 Å². The third kappa shape index (κ3) is 8.95. The summed E-state index contributed by atoms with van der Waals surface area (Å²) in [5, 5.41) is 15.8. The minimum atomic E-state index is 0.